The third-order valence-corrected chi connectivity index (χ3v) is 4.56. The van der Waals surface area contributed by atoms with E-state index in [0.717, 1.165) is 38.1 Å². The first-order valence-electron chi connectivity index (χ1n) is 8.18. The predicted octanol–water partition coefficient (Wildman–Crippen LogP) is 3.29. The molecule has 0 aromatic rings. The van der Waals surface area contributed by atoms with Crippen molar-refractivity contribution in [3.05, 3.63) is 0 Å². The minimum Gasteiger partial charge on any atom is -0.326 e. The summed E-state index contributed by atoms with van der Waals surface area (Å²) < 4.78 is 0. The molecule has 2 fully saturated rings. The summed E-state index contributed by atoms with van der Waals surface area (Å²) >= 11 is 0. The summed E-state index contributed by atoms with van der Waals surface area (Å²) in [6.45, 7) is 7.70. The molecule has 1 aliphatic heterocycles. The normalized spacial score (nSPS) is 24.7. The second-order valence-electron chi connectivity index (χ2n) is 6.75. The zero-order valence-electron chi connectivity index (χ0n) is 12.9. The van der Waals surface area contributed by atoms with Gasteiger partial charge in [-0.15, -0.1) is 0 Å². The highest BCUT2D eigenvalue weighted by molar-refractivity contribution is 5.91. The van der Waals surface area contributed by atoms with Crippen LogP contribution in [0.2, 0.25) is 0 Å². The van der Waals surface area contributed by atoms with Gasteiger partial charge in [-0.05, 0) is 31.6 Å². The highest BCUT2D eigenvalue weighted by Gasteiger charge is 2.58. The fourth-order valence-electron chi connectivity index (χ4n) is 3.13. The van der Waals surface area contributed by atoms with E-state index in [-0.39, 0.29) is 5.54 Å². The van der Waals surface area contributed by atoms with E-state index in [9.17, 15) is 4.79 Å². The molecule has 1 saturated carbocycles. The van der Waals surface area contributed by atoms with Crippen molar-refractivity contribution in [3.63, 3.8) is 0 Å². The zero-order chi connectivity index (χ0) is 13.9. The maximum atomic E-state index is 12.3. The third-order valence-electron chi connectivity index (χ3n) is 4.56. The van der Waals surface area contributed by atoms with Gasteiger partial charge in [0.05, 0.1) is 11.7 Å². The van der Waals surface area contributed by atoms with Gasteiger partial charge in [0.25, 0.3) is 0 Å². The van der Waals surface area contributed by atoms with Gasteiger partial charge in [-0.3, -0.25) is 10.1 Å². The van der Waals surface area contributed by atoms with Crippen molar-refractivity contribution in [1.29, 1.82) is 0 Å². The number of hydrogen-bond acceptors (Lipinski definition) is 2. The van der Waals surface area contributed by atoms with Crippen molar-refractivity contribution in [1.82, 2.24) is 10.2 Å². The van der Waals surface area contributed by atoms with E-state index < -0.39 is 0 Å². The molecule has 1 amide bonds. The van der Waals surface area contributed by atoms with Gasteiger partial charge in [-0.1, -0.05) is 46.5 Å². The second kappa shape index (κ2) is 6.25. The molecule has 19 heavy (non-hydrogen) atoms. The van der Waals surface area contributed by atoms with E-state index in [1.54, 1.807) is 0 Å². The SMILES string of the molecule is CCC1NC2(CC2)C(=O)N1CCCCCCC(C)C. The average Bonchev–Trinajstić information content (AvgIpc) is 3.10. The summed E-state index contributed by atoms with van der Waals surface area (Å²) in [5.41, 5.74) is -0.127. The quantitative estimate of drug-likeness (QED) is 0.684. The van der Waals surface area contributed by atoms with E-state index >= 15 is 0 Å². The molecule has 1 heterocycles. The lowest BCUT2D eigenvalue weighted by Gasteiger charge is -2.23. The number of amides is 1. The average molecular weight is 266 g/mol. The first kappa shape index (κ1) is 14.8. The lowest BCUT2D eigenvalue weighted by Crippen LogP contribution is -2.37. The van der Waals surface area contributed by atoms with Crippen LogP contribution in [0.25, 0.3) is 0 Å². The highest BCUT2D eigenvalue weighted by Crippen LogP contribution is 2.42. The van der Waals surface area contributed by atoms with Gasteiger partial charge in [0.1, 0.15) is 0 Å². The number of unbranched alkanes of at least 4 members (excludes halogenated alkanes) is 3. The topological polar surface area (TPSA) is 32.3 Å². The van der Waals surface area contributed by atoms with Crippen LogP contribution < -0.4 is 5.32 Å². The van der Waals surface area contributed by atoms with E-state index in [1.807, 2.05) is 0 Å². The van der Waals surface area contributed by atoms with Gasteiger partial charge in [0, 0.05) is 6.54 Å². The first-order valence-corrected chi connectivity index (χ1v) is 8.18. The van der Waals surface area contributed by atoms with Crippen LogP contribution >= 0.6 is 0 Å². The second-order valence-corrected chi connectivity index (χ2v) is 6.75. The van der Waals surface area contributed by atoms with Crippen molar-refractivity contribution >= 4 is 5.91 Å². The van der Waals surface area contributed by atoms with Crippen LogP contribution in [0.15, 0.2) is 0 Å². The molecule has 1 N–H and O–H groups in total. The summed E-state index contributed by atoms with van der Waals surface area (Å²) in [6.07, 6.45) is 9.84. The Balaban J connectivity index is 1.66. The van der Waals surface area contributed by atoms with Crippen molar-refractivity contribution in [2.24, 2.45) is 5.92 Å². The lowest BCUT2D eigenvalue weighted by atomic mass is 10.0. The maximum absolute atomic E-state index is 12.3. The number of carbonyl (C=O) groups excluding carboxylic acids is 1. The van der Waals surface area contributed by atoms with Crippen molar-refractivity contribution in [2.75, 3.05) is 6.54 Å². The third kappa shape index (κ3) is 3.50. The first-order chi connectivity index (χ1) is 9.09. The van der Waals surface area contributed by atoms with E-state index in [1.165, 1.54) is 25.7 Å². The molecule has 110 valence electrons. The molecule has 3 nitrogen and oxygen atoms in total. The predicted molar refractivity (Wildman–Crippen MR) is 78.8 cm³/mol. The molecular formula is C16H30N2O. The van der Waals surface area contributed by atoms with Crippen LogP contribution in [0.4, 0.5) is 0 Å². The number of nitrogens with one attached hydrogen (secondary N) is 1. The number of rotatable bonds is 8. The molecule has 2 aliphatic rings. The molecule has 0 aromatic carbocycles. The Bertz CT molecular complexity index is 310. The minimum atomic E-state index is -0.127. The molecule has 0 radical (unpaired) electrons. The van der Waals surface area contributed by atoms with Crippen LogP contribution in [-0.4, -0.2) is 29.1 Å². The molecule has 1 aliphatic carbocycles. The Morgan fingerprint density at radius 2 is 1.95 bits per heavy atom. The van der Waals surface area contributed by atoms with Crippen LogP contribution in [-0.2, 0) is 4.79 Å². The van der Waals surface area contributed by atoms with Gasteiger partial charge >= 0.3 is 0 Å². The molecule has 0 aromatic heterocycles. The molecule has 3 heteroatoms. The van der Waals surface area contributed by atoms with Crippen LogP contribution in [0, 0.1) is 5.92 Å². The minimum absolute atomic E-state index is 0.127. The van der Waals surface area contributed by atoms with Gasteiger partial charge in [-0.25, -0.2) is 0 Å². The van der Waals surface area contributed by atoms with Crippen LogP contribution in [0.5, 0.6) is 0 Å². The molecule has 1 unspecified atom stereocenters. The smallest absolute Gasteiger partial charge is 0.244 e. The molecule has 1 atom stereocenters. The van der Waals surface area contributed by atoms with Crippen molar-refractivity contribution in [3.8, 4) is 0 Å². The molecule has 1 spiro atoms. The summed E-state index contributed by atoms with van der Waals surface area (Å²) in [6, 6.07) is 0. The van der Waals surface area contributed by atoms with E-state index in [0.29, 0.717) is 12.1 Å². The van der Waals surface area contributed by atoms with Gasteiger partial charge in [0.15, 0.2) is 0 Å². The lowest BCUT2D eigenvalue weighted by molar-refractivity contribution is -0.130. The fraction of sp³-hybridized carbons (Fsp3) is 0.938. The van der Waals surface area contributed by atoms with E-state index in [4.69, 9.17) is 0 Å². The Kier molecular flexibility index (Phi) is 4.88. The summed E-state index contributed by atoms with van der Waals surface area (Å²) in [5.74, 6) is 1.20. The zero-order valence-corrected chi connectivity index (χ0v) is 12.9. The summed E-state index contributed by atoms with van der Waals surface area (Å²) in [4.78, 5) is 14.4. The Labute approximate surface area is 118 Å². The van der Waals surface area contributed by atoms with Crippen molar-refractivity contribution in [2.45, 2.75) is 83.8 Å². The van der Waals surface area contributed by atoms with Gasteiger partial charge < -0.3 is 4.90 Å². The standard InChI is InChI=1S/C16H30N2O/c1-4-14-17-16(10-11-16)15(19)18(14)12-8-6-5-7-9-13(2)3/h13-14,17H,4-12H2,1-3H3. The number of nitrogens with zero attached hydrogens (tertiary/aromatic N) is 1. The molecule has 0 bridgehead atoms. The fourth-order valence-corrected chi connectivity index (χ4v) is 3.13. The number of carbonyl (C=O) groups is 1. The highest BCUT2D eigenvalue weighted by atomic mass is 16.2. The summed E-state index contributed by atoms with van der Waals surface area (Å²) in [5, 5.41) is 3.53. The maximum Gasteiger partial charge on any atom is 0.244 e. The molecule has 2 rings (SSSR count). The number of hydrogen-bond donors (Lipinski definition) is 1. The van der Waals surface area contributed by atoms with Crippen molar-refractivity contribution < 1.29 is 4.79 Å². The van der Waals surface area contributed by atoms with Crippen LogP contribution in [0.3, 0.4) is 0 Å². The Hall–Kier alpha value is -0.570. The van der Waals surface area contributed by atoms with E-state index in [2.05, 4.69) is 31.0 Å². The monoisotopic (exact) mass is 266 g/mol. The van der Waals surface area contributed by atoms with Crippen LogP contribution in [0.1, 0.15) is 72.1 Å². The molecular weight excluding hydrogens is 236 g/mol. The van der Waals surface area contributed by atoms with Gasteiger partial charge in [0.2, 0.25) is 5.91 Å². The Morgan fingerprint density at radius 3 is 2.53 bits per heavy atom. The summed E-state index contributed by atoms with van der Waals surface area (Å²) in [7, 11) is 0. The molecule has 1 saturated heterocycles. The van der Waals surface area contributed by atoms with Gasteiger partial charge in [-0.2, -0.15) is 0 Å². The Morgan fingerprint density at radius 1 is 1.26 bits per heavy atom. The largest absolute Gasteiger partial charge is 0.326 e.